The van der Waals surface area contributed by atoms with E-state index in [2.05, 4.69) is 21.8 Å². The number of hydrogen-bond donors (Lipinski definition) is 2. The van der Waals surface area contributed by atoms with Crippen LogP contribution in [0.3, 0.4) is 0 Å². The van der Waals surface area contributed by atoms with Gasteiger partial charge in [0.15, 0.2) is 0 Å². The number of primary amides is 1. The Bertz CT molecular complexity index is 388. The van der Waals surface area contributed by atoms with Gasteiger partial charge in [-0.05, 0) is 33.2 Å². The molecule has 0 aliphatic heterocycles. The fraction of sp³-hybridized carbons (Fsp3) is 0.692. The summed E-state index contributed by atoms with van der Waals surface area (Å²) in [6, 6.07) is 0. The molecular weight excluding hydrogens is 228 g/mol. The third kappa shape index (κ3) is 3.57. The number of imidazole rings is 1. The van der Waals surface area contributed by atoms with Crippen LogP contribution in [0.25, 0.3) is 0 Å². The fourth-order valence-electron chi connectivity index (χ4n) is 1.99. The van der Waals surface area contributed by atoms with E-state index in [-0.39, 0.29) is 5.91 Å². The Kier molecular flexibility index (Phi) is 5.34. The van der Waals surface area contributed by atoms with E-state index in [1.165, 1.54) is 0 Å². The summed E-state index contributed by atoms with van der Waals surface area (Å²) >= 11 is 0. The van der Waals surface area contributed by atoms with E-state index in [0.29, 0.717) is 0 Å². The molecule has 0 saturated heterocycles. The van der Waals surface area contributed by atoms with Crippen LogP contribution in [-0.4, -0.2) is 28.0 Å². The highest BCUT2D eigenvalue weighted by atomic mass is 16.1. The third-order valence-electron chi connectivity index (χ3n) is 3.54. The standard InChI is InChI=1S/C13H24N4O/c1-4-11-16-8-10-17(11)9-6-5-7-13(2,15-3)12(14)18/h8,10,15H,4-7,9H2,1-3H3,(H2,14,18). The van der Waals surface area contributed by atoms with E-state index in [4.69, 9.17) is 5.73 Å². The molecule has 0 bridgehead atoms. The number of aromatic nitrogens is 2. The first-order valence-electron chi connectivity index (χ1n) is 6.52. The van der Waals surface area contributed by atoms with Gasteiger partial charge >= 0.3 is 0 Å². The van der Waals surface area contributed by atoms with Crippen molar-refractivity contribution in [2.75, 3.05) is 7.05 Å². The molecule has 0 fully saturated rings. The zero-order valence-corrected chi connectivity index (χ0v) is 11.6. The van der Waals surface area contributed by atoms with Gasteiger partial charge in [-0.1, -0.05) is 6.92 Å². The van der Waals surface area contributed by atoms with Crippen LogP contribution < -0.4 is 11.1 Å². The fourth-order valence-corrected chi connectivity index (χ4v) is 1.99. The average molecular weight is 252 g/mol. The number of nitrogens with one attached hydrogen (secondary N) is 1. The molecule has 1 aromatic heterocycles. The van der Waals surface area contributed by atoms with Crippen molar-refractivity contribution in [3.05, 3.63) is 18.2 Å². The van der Waals surface area contributed by atoms with E-state index < -0.39 is 5.54 Å². The summed E-state index contributed by atoms with van der Waals surface area (Å²) in [5.74, 6) is 0.822. The molecule has 1 aromatic rings. The number of carbonyl (C=O) groups is 1. The topological polar surface area (TPSA) is 72.9 Å². The van der Waals surface area contributed by atoms with Crippen molar-refractivity contribution in [1.29, 1.82) is 0 Å². The Labute approximate surface area is 109 Å². The number of unbranched alkanes of at least 4 members (excludes halogenated alkanes) is 1. The Balaban J connectivity index is 2.37. The van der Waals surface area contributed by atoms with Crippen molar-refractivity contribution >= 4 is 5.91 Å². The van der Waals surface area contributed by atoms with E-state index in [0.717, 1.165) is 38.1 Å². The lowest BCUT2D eigenvalue weighted by atomic mass is 9.94. The van der Waals surface area contributed by atoms with Gasteiger partial charge < -0.3 is 15.6 Å². The van der Waals surface area contributed by atoms with E-state index >= 15 is 0 Å². The predicted octanol–water partition coefficient (Wildman–Crippen LogP) is 1.08. The summed E-state index contributed by atoms with van der Waals surface area (Å²) in [4.78, 5) is 15.6. The molecule has 1 unspecified atom stereocenters. The number of amides is 1. The lowest BCUT2D eigenvalue weighted by Crippen LogP contribution is -2.51. The minimum absolute atomic E-state index is 0.290. The Morgan fingerprint density at radius 1 is 1.56 bits per heavy atom. The van der Waals surface area contributed by atoms with Crippen LogP contribution in [0.2, 0.25) is 0 Å². The van der Waals surface area contributed by atoms with Gasteiger partial charge in [0.05, 0.1) is 5.54 Å². The molecular formula is C13H24N4O. The molecule has 0 aliphatic carbocycles. The third-order valence-corrected chi connectivity index (χ3v) is 3.54. The summed E-state index contributed by atoms with van der Waals surface area (Å²) in [6.07, 6.45) is 7.52. The number of aryl methyl sites for hydroxylation is 2. The minimum atomic E-state index is -0.595. The zero-order chi connectivity index (χ0) is 13.6. The maximum atomic E-state index is 11.3. The Morgan fingerprint density at radius 3 is 2.83 bits per heavy atom. The molecule has 0 saturated carbocycles. The number of rotatable bonds is 8. The Hall–Kier alpha value is -1.36. The van der Waals surface area contributed by atoms with Gasteiger partial charge in [0, 0.05) is 25.4 Å². The minimum Gasteiger partial charge on any atom is -0.368 e. The maximum Gasteiger partial charge on any atom is 0.237 e. The molecule has 0 radical (unpaired) electrons. The largest absolute Gasteiger partial charge is 0.368 e. The summed E-state index contributed by atoms with van der Waals surface area (Å²) in [6.45, 7) is 4.90. The molecule has 18 heavy (non-hydrogen) atoms. The highest BCUT2D eigenvalue weighted by Crippen LogP contribution is 2.13. The van der Waals surface area contributed by atoms with Crippen LogP contribution in [0.5, 0.6) is 0 Å². The van der Waals surface area contributed by atoms with Crippen molar-refractivity contribution in [1.82, 2.24) is 14.9 Å². The second-order valence-electron chi connectivity index (χ2n) is 4.79. The molecule has 5 heteroatoms. The van der Waals surface area contributed by atoms with Gasteiger partial charge in [0.1, 0.15) is 5.82 Å². The zero-order valence-electron chi connectivity index (χ0n) is 11.6. The SMILES string of the molecule is CCc1nccn1CCCCC(C)(NC)C(N)=O. The normalized spacial score (nSPS) is 14.4. The second kappa shape index (κ2) is 6.54. The molecule has 5 nitrogen and oxygen atoms in total. The lowest BCUT2D eigenvalue weighted by molar-refractivity contribution is -0.123. The molecule has 0 aliphatic rings. The monoisotopic (exact) mass is 252 g/mol. The molecule has 1 heterocycles. The summed E-state index contributed by atoms with van der Waals surface area (Å²) < 4.78 is 2.17. The van der Waals surface area contributed by atoms with Gasteiger partial charge in [0.25, 0.3) is 0 Å². The van der Waals surface area contributed by atoms with Crippen LogP contribution in [0.15, 0.2) is 12.4 Å². The molecule has 1 atom stereocenters. The van der Waals surface area contributed by atoms with Gasteiger partial charge in [-0.3, -0.25) is 4.79 Å². The van der Waals surface area contributed by atoms with Gasteiger partial charge in [-0.25, -0.2) is 4.98 Å². The molecule has 0 aromatic carbocycles. The molecule has 102 valence electrons. The van der Waals surface area contributed by atoms with Crippen molar-refractivity contribution in [2.45, 2.75) is 51.6 Å². The molecule has 3 N–H and O–H groups in total. The quantitative estimate of drug-likeness (QED) is 0.680. The summed E-state index contributed by atoms with van der Waals surface area (Å²) in [5, 5.41) is 3.00. The molecule has 1 rings (SSSR count). The van der Waals surface area contributed by atoms with Gasteiger partial charge in [-0.2, -0.15) is 0 Å². The highest BCUT2D eigenvalue weighted by Gasteiger charge is 2.27. The van der Waals surface area contributed by atoms with E-state index in [1.54, 1.807) is 7.05 Å². The van der Waals surface area contributed by atoms with Crippen molar-refractivity contribution in [3.8, 4) is 0 Å². The number of hydrogen-bond acceptors (Lipinski definition) is 3. The highest BCUT2D eigenvalue weighted by molar-refractivity contribution is 5.84. The maximum absolute atomic E-state index is 11.3. The Morgan fingerprint density at radius 2 is 2.28 bits per heavy atom. The van der Waals surface area contributed by atoms with Crippen molar-refractivity contribution in [3.63, 3.8) is 0 Å². The van der Waals surface area contributed by atoms with Crippen LogP contribution in [-0.2, 0) is 17.8 Å². The first kappa shape index (κ1) is 14.7. The first-order chi connectivity index (χ1) is 8.53. The van der Waals surface area contributed by atoms with Crippen LogP contribution in [0, 0.1) is 0 Å². The van der Waals surface area contributed by atoms with Crippen LogP contribution in [0.1, 0.15) is 38.9 Å². The number of likely N-dealkylation sites (N-methyl/N-ethyl adjacent to an activating group) is 1. The number of nitrogens with zero attached hydrogens (tertiary/aromatic N) is 2. The van der Waals surface area contributed by atoms with E-state index in [9.17, 15) is 4.79 Å². The number of carbonyl (C=O) groups excluding carboxylic acids is 1. The van der Waals surface area contributed by atoms with Crippen molar-refractivity contribution in [2.24, 2.45) is 5.73 Å². The first-order valence-corrected chi connectivity index (χ1v) is 6.52. The van der Waals surface area contributed by atoms with Crippen molar-refractivity contribution < 1.29 is 4.79 Å². The van der Waals surface area contributed by atoms with Crippen LogP contribution in [0.4, 0.5) is 0 Å². The summed E-state index contributed by atoms with van der Waals surface area (Å²) in [7, 11) is 1.77. The summed E-state index contributed by atoms with van der Waals surface area (Å²) in [5.41, 5.74) is 4.79. The second-order valence-corrected chi connectivity index (χ2v) is 4.79. The average Bonchev–Trinajstić information content (AvgIpc) is 2.81. The number of nitrogens with two attached hydrogens (primary N) is 1. The predicted molar refractivity (Wildman–Crippen MR) is 72.1 cm³/mol. The lowest BCUT2D eigenvalue weighted by Gasteiger charge is -2.25. The molecule has 1 amide bonds. The van der Waals surface area contributed by atoms with E-state index in [1.807, 2.05) is 19.3 Å². The smallest absolute Gasteiger partial charge is 0.237 e. The van der Waals surface area contributed by atoms with Gasteiger partial charge in [0.2, 0.25) is 5.91 Å². The van der Waals surface area contributed by atoms with Gasteiger partial charge in [-0.15, -0.1) is 0 Å². The molecule has 0 spiro atoms. The van der Waals surface area contributed by atoms with Crippen LogP contribution >= 0.6 is 0 Å².